The number of aliphatic carboxylic acids is 1. The van der Waals surface area contributed by atoms with Crippen molar-refractivity contribution in [3.8, 4) is 11.1 Å². The fourth-order valence-electron chi connectivity index (χ4n) is 2.94. The van der Waals surface area contributed by atoms with Crippen LogP contribution in [-0.4, -0.2) is 28.8 Å². The molecule has 152 valence electrons. The number of carboxylic acid groups (broad SMARTS) is 1. The minimum atomic E-state index is -0.879. The van der Waals surface area contributed by atoms with Gasteiger partial charge in [0.2, 0.25) is 0 Å². The average Bonchev–Trinajstić information content (AvgIpc) is 2.61. The zero-order valence-electron chi connectivity index (χ0n) is 18.9. The summed E-state index contributed by atoms with van der Waals surface area (Å²) in [6, 6.07) is 17.8. The van der Waals surface area contributed by atoms with Crippen LogP contribution in [-0.2, 0) is 16.0 Å². The van der Waals surface area contributed by atoms with Crippen molar-refractivity contribution < 1.29 is 50.4 Å². The summed E-state index contributed by atoms with van der Waals surface area (Å²) in [6.45, 7) is 7.03. The first-order valence-electron chi connectivity index (χ1n) is 9.51. The van der Waals surface area contributed by atoms with Crippen LogP contribution in [0.3, 0.4) is 0 Å². The second-order valence-corrected chi connectivity index (χ2v) is 8.09. The molecule has 0 heterocycles. The molecule has 0 bridgehead atoms. The van der Waals surface area contributed by atoms with Gasteiger partial charge in [-0.15, -0.1) is 0 Å². The molecule has 0 aliphatic heterocycles. The Morgan fingerprint density at radius 1 is 1.03 bits per heavy atom. The third-order valence-electron chi connectivity index (χ3n) is 4.32. The summed E-state index contributed by atoms with van der Waals surface area (Å²) in [6.07, 6.45) is 0.331. The van der Waals surface area contributed by atoms with Crippen molar-refractivity contribution in [2.45, 2.75) is 52.2 Å². The van der Waals surface area contributed by atoms with E-state index in [1.807, 2.05) is 42.5 Å². The number of nitrogens with one attached hydrogen (secondary N) is 1. The third kappa shape index (κ3) is 9.03. The zero-order chi connectivity index (χ0) is 20.7. The molecule has 2 aromatic rings. The van der Waals surface area contributed by atoms with Gasteiger partial charge < -0.3 is 16.6 Å². The SMILES string of the molecule is C[C@H](C[C@@H](Cc1ccc(-c2ccccc2)cc1)NC(=O)OC(C)(C)C)C(=O)O.[H-].[Na+]. The van der Waals surface area contributed by atoms with Gasteiger partial charge in [-0.2, -0.15) is 0 Å². The largest absolute Gasteiger partial charge is 1.00 e. The maximum absolute atomic E-state index is 12.2. The van der Waals surface area contributed by atoms with Crippen molar-refractivity contribution in [2.24, 2.45) is 5.92 Å². The first-order valence-corrected chi connectivity index (χ1v) is 9.51. The fourth-order valence-corrected chi connectivity index (χ4v) is 2.94. The molecule has 0 aliphatic carbocycles. The fraction of sp³-hybridized carbons (Fsp3) is 0.391. The molecule has 0 spiro atoms. The van der Waals surface area contributed by atoms with Crippen LogP contribution in [0.5, 0.6) is 0 Å². The minimum absolute atomic E-state index is 0. The Hall–Kier alpha value is -1.82. The summed E-state index contributed by atoms with van der Waals surface area (Å²) in [5, 5.41) is 12.1. The molecule has 5 nitrogen and oxygen atoms in total. The molecule has 6 heteroatoms. The van der Waals surface area contributed by atoms with E-state index in [1.165, 1.54) is 0 Å². The van der Waals surface area contributed by atoms with E-state index in [1.54, 1.807) is 27.7 Å². The van der Waals surface area contributed by atoms with Gasteiger partial charge in [0.1, 0.15) is 5.60 Å². The average molecular weight is 407 g/mol. The number of amides is 1. The smallest absolute Gasteiger partial charge is 1.00 e. The number of hydrogen-bond donors (Lipinski definition) is 2. The van der Waals surface area contributed by atoms with Crippen LogP contribution in [0.2, 0.25) is 0 Å². The molecular weight excluding hydrogens is 377 g/mol. The quantitative estimate of drug-likeness (QED) is 0.689. The van der Waals surface area contributed by atoms with Crippen LogP contribution in [0.4, 0.5) is 4.79 Å². The predicted molar refractivity (Wildman–Crippen MR) is 111 cm³/mol. The maximum atomic E-state index is 12.2. The second kappa shape index (κ2) is 11.4. The van der Waals surface area contributed by atoms with Gasteiger partial charge in [0, 0.05) is 6.04 Å². The normalized spacial score (nSPS) is 13.0. The van der Waals surface area contributed by atoms with Gasteiger partial charge in [0.25, 0.3) is 0 Å². The monoisotopic (exact) mass is 407 g/mol. The van der Waals surface area contributed by atoms with Crippen molar-refractivity contribution in [1.82, 2.24) is 5.32 Å². The van der Waals surface area contributed by atoms with Crippen LogP contribution in [0.1, 0.15) is 41.1 Å². The number of carbonyl (C=O) groups is 2. The van der Waals surface area contributed by atoms with Crippen molar-refractivity contribution in [1.29, 1.82) is 0 Å². The van der Waals surface area contributed by atoms with E-state index in [0.717, 1.165) is 16.7 Å². The van der Waals surface area contributed by atoms with E-state index in [4.69, 9.17) is 4.74 Å². The number of carboxylic acids is 1. The third-order valence-corrected chi connectivity index (χ3v) is 4.32. The minimum Gasteiger partial charge on any atom is -1.00 e. The summed E-state index contributed by atoms with van der Waals surface area (Å²) >= 11 is 0. The van der Waals surface area contributed by atoms with Crippen LogP contribution >= 0.6 is 0 Å². The van der Waals surface area contributed by atoms with Gasteiger partial charge in [-0.25, -0.2) is 4.79 Å². The molecule has 2 atom stereocenters. The van der Waals surface area contributed by atoms with Gasteiger partial charge in [-0.05, 0) is 50.3 Å². The topological polar surface area (TPSA) is 75.6 Å². The van der Waals surface area contributed by atoms with E-state index >= 15 is 0 Å². The van der Waals surface area contributed by atoms with Crippen LogP contribution in [0, 0.1) is 5.92 Å². The van der Waals surface area contributed by atoms with Crippen LogP contribution < -0.4 is 34.9 Å². The molecule has 0 aliphatic rings. The molecule has 1 amide bonds. The summed E-state index contributed by atoms with van der Waals surface area (Å²) in [7, 11) is 0. The molecule has 29 heavy (non-hydrogen) atoms. The van der Waals surface area contributed by atoms with E-state index in [2.05, 4.69) is 17.4 Å². The van der Waals surface area contributed by atoms with Gasteiger partial charge >= 0.3 is 41.6 Å². The Morgan fingerprint density at radius 3 is 2.10 bits per heavy atom. The maximum Gasteiger partial charge on any atom is 1.00 e. The Balaban J connectivity index is 0.00000420. The van der Waals surface area contributed by atoms with Crippen LogP contribution in [0.15, 0.2) is 54.6 Å². The standard InChI is InChI=1S/C23H29NO4.Na.H/c1-16(21(25)26)14-20(24-22(27)28-23(2,3)4)15-17-10-12-19(13-11-17)18-8-6-5-7-9-18;;/h5-13,16,20H,14-15H2,1-4H3,(H,24,27)(H,25,26);;/q;+1;-1/t16-,20+;;/m1../s1. The number of ether oxygens (including phenoxy) is 1. The summed E-state index contributed by atoms with van der Waals surface area (Å²) < 4.78 is 5.33. The Bertz CT molecular complexity index is 791. The van der Waals surface area contributed by atoms with E-state index in [0.29, 0.717) is 12.8 Å². The zero-order valence-corrected chi connectivity index (χ0v) is 19.9. The van der Waals surface area contributed by atoms with Gasteiger partial charge in [0.05, 0.1) is 5.92 Å². The summed E-state index contributed by atoms with van der Waals surface area (Å²) in [5.74, 6) is -1.45. The van der Waals surface area contributed by atoms with Gasteiger partial charge in [-0.3, -0.25) is 4.79 Å². The van der Waals surface area contributed by atoms with Gasteiger partial charge in [0.15, 0.2) is 0 Å². The van der Waals surface area contributed by atoms with Crippen molar-refractivity contribution in [3.63, 3.8) is 0 Å². The number of rotatable bonds is 7. The number of carbonyl (C=O) groups excluding carboxylic acids is 1. The first kappa shape index (κ1) is 25.2. The number of hydrogen-bond acceptors (Lipinski definition) is 3. The predicted octanol–water partition coefficient (Wildman–Crippen LogP) is 2.02. The molecule has 2 N–H and O–H groups in total. The number of benzene rings is 2. The van der Waals surface area contributed by atoms with Crippen molar-refractivity contribution >= 4 is 12.1 Å². The Morgan fingerprint density at radius 2 is 1.59 bits per heavy atom. The summed E-state index contributed by atoms with van der Waals surface area (Å²) in [5.41, 5.74) is 2.67. The van der Waals surface area contributed by atoms with Gasteiger partial charge in [-0.1, -0.05) is 61.5 Å². The van der Waals surface area contributed by atoms with Crippen LogP contribution in [0.25, 0.3) is 11.1 Å². The second-order valence-electron chi connectivity index (χ2n) is 8.09. The molecular formula is C23H30NNaO4. The molecule has 0 saturated carbocycles. The molecule has 2 rings (SSSR count). The molecule has 0 saturated heterocycles. The number of alkyl carbamates (subject to hydrolysis) is 1. The van der Waals surface area contributed by atoms with E-state index in [-0.39, 0.29) is 37.0 Å². The van der Waals surface area contributed by atoms with Crippen molar-refractivity contribution in [2.75, 3.05) is 0 Å². The molecule has 0 unspecified atom stereocenters. The Labute approximate surface area is 196 Å². The van der Waals surface area contributed by atoms with E-state index < -0.39 is 23.6 Å². The molecule has 2 aromatic carbocycles. The summed E-state index contributed by atoms with van der Waals surface area (Å²) in [4.78, 5) is 23.4. The molecule has 0 fully saturated rings. The van der Waals surface area contributed by atoms with E-state index in [9.17, 15) is 14.7 Å². The molecule has 0 radical (unpaired) electrons. The van der Waals surface area contributed by atoms with Crippen molar-refractivity contribution in [3.05, 3.63) is 60.2 Å². The Kier molecular flexibility index (Phi) is 9.90. The first-order chi connectivity index (χ1) is 13.1. The molecule has 0 aromatic heterocycles.